The van der Waals surface area contributed by atoms with Crippen LogP contribution in [0.3, 0.4) is 0 Å². The van der Waals surface area contributed by atoms with Gasteiger partial charge in [-0.05, 0) is 31.5 Å². The van der Waals surface area contributed by atoms with E-state index in [0.717, 1.165) is 11.3 Å². The number of aromatic nitrogens is 2. The quantitative estimate of drug-likeness (QED) is 0.897. The number of anilines is 1. The molecule has 0 aliphatic rings. The van der Waals surface area contributed by atoms with Gasteiger partial charge in [-0.3, -0.25) is 9.82 Å². The number of sulfonamides is 1. The normalized spacial score (nSPS) is 11.1. The van der Waals surface area contributed by atoms with Gasteiger partial charge in [0.05, 0.1) is 17.4 Å². The summed E-state index contributed by atoms with van der Waals surface area (Å²) in [4.78, 5) is 0. The van der Waals surface area contributed by atoms with Crippen LogP contribution in [0.1, 0.15) is 22.4 Å². The molecule has 1 aromatic carbocycles. The molecule has 6 nitrogen and oxygen atoms in total. The Labute approximate surface area is 117 Å². The van der Waals surface area contributed by atoms with E-state index in [1.165, 1.54) is 0 Å². The van der Waals surface area contributed by atoms with E-state index in [0.29, 0.717) is 16.9 Å². The van der Waals surface area contributed by atoms with Crippen molar-refractivity contribution >= 4 is 15.8 Å². The Morgan fingerprint density at radius 1 is 1.40 bits per heavy atom. The standard InChI is InChI=1S/C13H14N4O2S/c1-9-10(2)15-16-13(9)17-20(18,19)8-12-5-3-4-11(6-12)7-14/h3-6H,8H2,1-2H3,(H2,15,16,17). The van der Waals surface area contributed by atoms with Crippen molar-refractivity contribution in [3.63, 3.8) is 0 Å². The monoisotopic (exact) mass is 290 g/mol. The average Bonchev–Trinajstić information content (AvgIpc) is 2.70. The molecule has 0 saturated heterocycles. The fourth-order valence-electron chi connectivity index (χ4n) is 1.72. The molecule has 1 heterocycles. The summed E-state index contributed by atoms with van der Waals surface area (Å²) in [6, 6.07) is 8.50. The summed E-state index contributed by atoms with van der Waals surface area (Å²) in [7, 11) is -3.56. The molecule has 0 saturated carbocycles. The maximum atomic E-state index is 12.1. The lowest BCUT2D eigenvalue weighted by atomic mass is 10.2. The fourth-order valence-corrected chi connectivity index (χ4v) is 2.90. The second-order valence-electron chi connectivity index (χ2n) is 4.50. The number of rotatable bonds is 4. The molecule has 0 fully saturated rings. The van der Waals surface area contributed by atoms with Crippen LogP contribution in [-0.4, -0.2) is 18.6 Å². The number of nitrogens with one attached hydrogen (secondary N) is 2. The van der Waals surface area contributed by atoms with Crippen LogP contribution in [0.25, 0.3) is 0 Å². The van der Waals surface area contributed by atoms with Crippen LogP contribution in [0, 0.1) is 25.2 Å². The lowest BCUT2D eigenvalue weighted by Gasteiger charge is -2.06. The van der Waals surface area contributed by atoms with Crippen molar-refractivity contribution in [1.29, 1.82) is 5.26 Å². The minimum Gasteiger partial charge on any atom is -0.280 e. The summed E-state index contributed by atoms with van der Waals surface area (Å²) in [6.45, 7) is 3.60. The molecule has 0 aliphatic heterocycles. The Hall–Kier alpha value is -2.33. The second kappa shape index (κ2) is 5.35. The van der Waals surface area contributed by atoms with Gasteiger partial charge in [0.1, 0.15) is 0 Å². The third-order valence-electron chi connectivity index (χ3n) is 2.92. The fraction of sp³-hybridized carbons (Fsp3) is 0.231. The van der Waals surface area contributed by atoms with E-state index >= 15 is 0 Å². The van der Waals surface area contributed by atoms with Crippen molar-refractivity contribution in [3.8, 4) is 6.07 Å². The Kier molecular flexibility index (Phi) is 3.77. The first-order valence-electron chi connectivity index (χ1n) is 5.92. The van der Waals surface area contributed by atoms with Gasteiger partial charge < -0.3 is 0 Å². The van der Waals surface area contributed by atoms with Crippen LogP contribution in [0.4, 0.5) is 5.82 Å². The number of benzene rings is 1. The average molecular weight is 290 g/mol. The lowest BCUT2D eigenvalue weighted by Crippen LogP contribution is -2.16. The van der Waals surface area contributed by atoms with Gasteiger partial charge in [-0.15, -0.1) is 0 Å². The SMILES string of the molecule is Cc1[nH]nc(NS(=O)(=O)Cc2cccc(C#N)c2)c1C. The maximum Gasteiger partial charge on any atom is 0.238 e. The highest BCUT2D eigenvalue weighted by Crippen LogP contribution is 2.17. The minimum atomic E-state index is -3.56. The number of aryl methyl sites for hydroxylation is 1. The number of aromatic amines is 1. The van der Waals surface area contributed by atoms with Gasteiger partial charge in [0.15, 0.2) is 5.82 Å². The molecule has 0 bridgehead atoms. The molecule has 7 heteroatoms. The largest absolute Gasteiger partial charge is 0.280 e. The van der Waals surface area contributed by atoms with E-state index in [4.69, 9.17) is 5.26 Å². The van der Waals surface area contributed by atoms with E-state index in [2.05, 4.69) is 14.9 Å². The van der Waals surface area contributed by atoms with Crippen LogP contribution in [-0.2, 0) is 15.8 Å². The Morgan fingerprint density at radius 2 is 2.15 bits per heavy atom. The first-order chi connectivity index (χ1) is 9.41. The van der Waals surface area contributed by atoms with Gasteiger partial charge in [0.25, 0.3) is 0 Å². The van der Waals surface area contributed by atoms with E-state index in [-0.39, 0.29) is 5.75 Å². The molecule has 0 unspecified atom stereocenters. The zero-order valence-corrected chi connectivity index (χ0v) is 12.0. The molecule has 2 rings (SSSR count). The zero-order chi connectivity index (χ0) is 14.8. The van der Waals surface area contributed by atoms with E-state index in [9.17, 15) is 8.42 Å². The maximum absolute atomic E-state index is 12.1. The topological polar surface area (TPSA) is 98.6 Å². The van der Waals surface area contributed by atoms with Crippen molar-refractivity contribution < 1.29 is 8.42 Å². The molecule has 0 spiro atoms. The van der Waals surface area contributed by atoms with Crippen LogP contribution in [0.2, 0.25) is 0 Å². The smallest absolute Gasteiger partial charge is 0.238 e. The summed E-state index contributed by atoms with van der Waals surface area (Å²) in [5, 5.41) is 15.4. The van der Waals surface area contributed by atoms with Crippen molar-refractivity contribution in [1.82, 2.24) is 10.2 Å². The number of nitrogens with zero attached hydrogens (tertiary/aromatic N) is 2. The first kappa shape index (κ1) is 14.1. The van der Waals surface area contributed by atoms with Gasteiger partial charge in [-0.2, -0.15) is 10.4 Å². The predicted molar refractivity (Wildman–Crippen MR) is 75.5 cm³/mol. The molecule has 104 valence electrons. The Bertz CT molecular complexity index is 772. The number of hydrogen-bond donors (Lipinski definition) is 2. The van der Waals surface area contributed by atoms with E-state index in [1.54, 1.807) is 31.2 Å². The summed E-state index contributed by atoms with van der Waals surface area (Å²) >= 11 is 0. The summed E-state index contributed by atoms with van der Waals surface area (Å²) < 4.78 is 26.6. The third kappa shape index (κ3) is 3.16. The van der Waals surface area contributed by atoms with E-state index < -0.39 is 10.0 Å². The highest BCUT2D eigenvalue weighted by Gasteiger charge is 2.16. The summed E-state index contributed by atoms with van der Waals surface area (Å²) in [6.07, 6.45) is 0. The van der Waals surface area contributed by atoms with Gasteiger partial charge in [-0.25, -0.2) is 8.42 Å². The number of nitriles is 1. The number of hydrogen-bond acceptors (Lipinski definition) is 4. The van der Waals surface area contributed by atoms with Crippen molar-refractivity contribution in [3.05, 3.63) is 46.6 Å². The number of H-pyrrole nitrogens is 1. The van der Waals surface area contributed by atoms with Gasteiger partial charge in [-0.1, -0.05) is 12.1 Å². The van der Waals surface area contributed by atoms with Crippen LogP contribution in [0.15, 0.2) is 24.3 Å². The van der Waals surface area contributed by atoms with Crippen LogP contribution >= 0.6 is 0 Å². The minimum absolute atomic E-state index is 0.201. The lowest BCUT2D eigenvalue weighted by molar-refractivity contribution is 0.600. The highest BCUT2D eigenvalue weighted by atomic mass is 32.2. The summed E-state index contributed by atoms with van der Waals surface area (Å²) in [5.41, 5.74) is 2.57. The molecular weight excluding hydrogens is 276 g/mol. The third-order valence-corrected chi connectivity index (χ3v) is 4.14. The van der Waals surface area contributed by atoms with Crippen molar-refractivity contribution in [2.45, 2.75) is 19.6 Å². The molecular formula is C13H14N4O2S. The van der Waals surface area contributed by atoms with Crippen molar-refractivity contribution in [2.24, 2.45) is 0 Å². The highest BCUT2D eigenvalue weighted by molar-refractivity contribution is 7.91. The molecule has 2 N–H and O–H groups in total. The molecule has 1 aromatic heterocycles. The molecule has 20 heavy (non-hydrogen) atoms. The predicted octanol–water partition coefficient (Wildman–Crippen LogP) is 1.84. The van der Waals surface area contributed by atoms with Crippen molar-refractivity contribution in [2.75, 3.05) is 4.72 Å². The summed E-state index contributed by atoms with van der Waals surface area (Å²) in [5.74, 6) is 0.104. The van der Waals surface area contributed by atoms with Crippen LogP contribution < -0.4 is 4.72 Å². The molecule has 0 aliphatic carbocycles. The molecule has 2 aromatic rings. The zero-order valence-electron chi connectivity index (χ0n) is 11.1. The van der Waals surface area contributed by atoms with Gasteiger partial charge in [0, 0.05) is 11.3 Å². The van der Waals surface area contributed by atoms with Gasteiger partial charge in [0.2, 0.25) is 10.0 Å². The Balaban J connectivity index is 2.19. The molecule has 0 amide bonds. The Morgan fingerprint density at radius 3 is 2.75 bits per heavy atom. The van der Waals surface area contributed by atoms with E-state index in [1.807, 2.05) is 13.0 Å². The molecule has 0 radical (unpaired) electrons. The van der Waals surface area contributed by atoms with Gasteiger partial charge >= 0.3 is 0 Å². The molecule has 0 atom stereocenters. The second-order valence-corrected chi connectivity index (χ2v) is 6.22. The van der Waals surface area contributed by atoms with Crippen LogP contribution in [0.5, 0.6) is 0 Å². The first-order valence-corrected chi connectivity index (χ1v) is 7.57.